The van der Waals surface area contributed by atoms with Crippen molar-refractivity contribution < 1.29 is 19.1 Å². The van der Waals surface area contributed by atoms with Gasteiger partial charge < -0.3 is 20.1 Å². The molecule has 6 nitrogen and oxygen atoms in total. The molecule has 124 valence electrons. The number of primary amides is 1. The molecular formula is C17H22N2O4. The van der Waals surface area contributed by atoms with Crippen LogP contribution in [0.25, 0.3) is 0 Å². The van der Waals surface area contributed by atoms with Crippen molar-refractivity contribution in [3.05, 3.63) is 29.8 Å². The van der Waals surface area contributed by atoms with E-state index in [1.165, 1.54) is 0 Å². The number of hydrogen-bond acceptors (Lipinski definition) is 4. The number of morpholine rings is 1. The van der Waals surface area contributed by atoms with Crippen molar-refractivity contribution in [3.63, 3.8) is 0 Å². The van der Waals surface area contributed by atoms with Crippen LogP contribution < -0.4 is 10.5 Å². The smallest absolute Gasteiger partial charge is 0.238 e. The lowest BCUT2D eigenvalue weighted by Gasteiger charge is -2.34. The van der Waals surface area contributed by atoms with Crippen LogP contribution in [0, 0.1) is 5.41 Å². The summed E-state index contributed by atoms with van der Waals surface area (Å²) in [6, 6.07) is 7.81. The molecule has 0 spiro atoms. The van der Waals surface area contributed by atoms with Gasteiger partial charge in [0, 0.05) is 19.5 Å². The van der Waals surface area contributed by atoms with E-state index in [1.54, 1.807) is 12.0 Å². The SMILES string of the molecule is COc1cccc(C[C@@H]2CN(C(=O)C3(C(N)=O)CC3)CCO2)c1. The van der Waals surface area contributed by atoms with Crippen molar-refractivity contribution >= 4 is 11.8 Å². The van der Waals surface area contributed by atoms with Gasteiger partial charge in [0.25, 0.3) is 0 Å². The van der Waals surface area contributed by atoms with Crippen molar-refractivity contribution in [1.29, 1.82) is 0 Å². The second-order valence-electron chi connectivity index (χ2n) is 6.25. The molecule has 3 rings (SSSR count). The molecule has 1 saturated heterocycles. The fourth-order valence-corrected chi connectivity index (χ4v) is 3.08. The number of methoxy groups -OCH3 is 1. The van der Waals surface area contributed by atoms with Crippen molar-refractivity contribution in [3.8, 4) is 5.75 Å². The van der Waals surface area contributed by atoms with Crippen LogP contribution in [0.5, 0.6) is 5.75 Å². The number of nitrogens with two attached hydrogens (primary N) is 1. The molecule has 2 aliphatic rings. The number of benzene rings is 1. The molecule has 2 fully saturated rings. The predicted molar refractivity (Wildman–Crippen MR) is 83.9 cm³/mol. The summed E-state index contributed by atoms with van der Waals surface area (Å²) >= 11 is 0. The number of nitrogens with zero attached hydrogens (tertiary/aromatic N) is 1. The molecule has 23 heavy (non-hydrogen) atoms. The maximum absolute atomic E-state index is 12.6. The number of amides is 2. The molecule has 0 aromatic heterocycles. The minimum Gasteiger partial charge on any atom is -0.497 e. The third-order valence-electron chi connectivity index (χ3n) is 4.65. The van der Waals surface area contributed by atoms with E-state index in [2.05, 4.69) is 0 Å². The molecule has 1 aliphatic carbocycles. The van der Waals surface area contributed by atoms with Crippen LogP contribution in [-0.2, 0) is 20.7 Å². The lowest BCUT2D eigenvalue weighted by molar-refractivity contribution is -0.148. The topological polar surface area (TPSA) is 81.9 Å². The van der Waals surface area contributed by atoms with Crippen LogP contribution in [0.1, 0.15) is 18.4 Å². The van der Waals surface area contributed by atoms with Gasteiger partial charge in [0.2, 0.25) is 11.8 Å². The molecule has 1 aromatic carbocycles. The van der Waals surface area contributed by atoms with Crippen molar-refractivity contribution in [2.75, 3.05) is 26.8 Å². The Kier molecular flexibility index (Phi) is 4.26. The molecule has 1 atom stereocenters. The van der Waals surface area contributed by atoms with E-state index in [-0.39, 0.29) is 12.0 Å². The molecule has 2 amide bonds. The van der Waals surface area contributed by atoms with Gasteiger partial charge in [-0.25, -0.2) is 0 Å². The largest absolute Gasteiger partial charge is 0.497 e. The average molecular weight is 318 g/mol. The molecule has 1 heterocycles. The minimum atomic E-state index is -0.947. The maximum Gasteiger partial charge on any atom is 0.238 e. The summed E-state index contributed by atoms with van der Waals surface area (Å²) in [4.78, 5) is 25.8. The van der Waals surface area contributed by atoms with Gasteiger partial charge in [-0.1, -0.05) is 12.1 Å². The van der Waals surface area contributed by atoms with Gasteiger partial charge in [0.05, 0.1) is 19.8 Å². The number of carbonyl (C=O) groups excluding carboxylic acids is 2. The summed E-state index contributed by atoms with van der Waals surface area (Å²) in [5.74, 6) is 0.166. The van der Waals surface area contributed by atoms with Gasteiger partial charge in [0.15, 0.2) is 0 Å². The summed E-state index contributed by atoms with van der Waals surface area (Å²) in [6.07, 6.45) is 1.76. The average Bonchev–Trinajstić information content (AvgIpc) is 3.36. The fourth-order valence-electron chi connectivity index (χ4n) is 3.08. The van der Waals surface area contributed by atoms with Crippen molar-refractivity contribution in [2.45, 2.75) is 25.4 Å². The highest BCUT2D eigenvalue weighted by molar-refractivity contribution is 6.07. The van der Waals surface area contributed by atoms with Crippen molar-refractivity contribution in [1.82, 2.24) is 4.90 Å². The Balaban J connectivity index is 1.64. The third-order valence-corrected chi connectivity index (χ3v) is 4.65. The van der Waals surface area contributed by atoms with E-state index in [1.807, 2.05) is 24.3 Å². The molecule has 0 bridgehead atoms. The van der Waals surface area contributed by atoms with Gasteiger partial charge in [-0.05, 0) is 30.5 Å². The van der Waals surface area contributed by atoms with E-state index in [0.717, 1.165) is 11.3 Å². The summed E-state index contributed by atoms with van der Waals surface area (Å²) < 4.78 is 11.0. The Morgan fingerprint density at radius 3 is 2.87 bits per heavy atom. The predicted octanol–water partition coefficient (Wildman–Crippen LogP) is 0.731. The van der Waals surface area contributed by atoms with Gasteiger partial charge in [0.1, 0.15) is 11.2 Å². The highest BCUT2D eigenvalue weighted by Gasteiger charge is 2.57. The third kappa shape index (κ3) is 3.17. The Bertz CT molecular complexity index is 612. The van der Waals surface area contributed by atoms with Crippen molar-refractivity contribution in [2.24, 2.45) is 11.1 Å². The van der Waals surface area contributed by atoms with Gasteiger partial charge >= 0.3 is 0 Å². The second-order valence-corrected chi connectivity index (χ2v) is 6.25. The first-order valence-electron chi connectivity index (χ1n) is 7.89. The molecule has 2 N–H and O–H groups in total. The quantitative estimate of drug-likeness (QED) is 0.812. The van der Waals surface area contributed by atoms with E-state index in [0.29, 0.717) is 39.0 Å². The molecule has 1 aliphatic heterocycles. The van der Waals surface area contributed by atoms with Gasteiger partial charge in [-0.3, -0.25) is 9.59 Å². The van der Waals surface area contributed by atoms with Crippen LogP contribution in [0.4, 0.5) is 0 Å². The minimum absolute atomic E-state index is 0.0801. The second kappa shape index (κ2) is 6.20. The number of ether oxygens (including phenoxy) is 2. The Labute approximate surface area is 135 Å². The molecule has 1 saturated carbocycles. The first-order chi connectivity index (χ1) is 11.0. The van der Waals surface area contributed by atoms with Gasteiger partial charge in [-0.15, -0.1) is 0 Å². The van der Waals surface area contributed by atoms with Crippen LogP contribution in [0.15, 0.2) is 24.3 Å². The Morgan fingerprint density at radius 2 is 2.22 bits per heavy atom. The fraction of sp³-hybridized carbons (Fsp3) is 0.529. The lowest BCUT2D eigenvalue weighted by atomic mass is 10.0. The van der Waals surface area contributed by atoms with Crippen LogP contribution in [0.3, 0.4) is 0 Å². The summed E-state index contributed by atoms with van der Waals surface area (Å²) in [7, 11) is 1.63. The van der Waals surface area contributed by atoms with E-state index in [4.69, 9.17) is 15.2 Å². The van der Waals surface area contributed by atoms with E-state index in [9.17, 15) is 9.59 Å². The highest BCUT2D eigenvalue weighted by atomic mass is 16.5. The molecule has 1 aromatic rings. The summed E-state index contributed by atoms with van der Waals surface area (Å²) in [5.41, 5.74) is 5.55. The molecule has 0 radical (unpaired) electrons. The first-order valence-corrected chi connectivity index (χ1v) is 7.89. The van der Waals surface area contributed by atoms with Crippen LogP contribution in [0.2, 0.25) is 0 Å². The van der Waals surface area contributed by atoms with E-state index >= 15 is 0 Å². The normalized spacial score (nSPS) is 22.5. The summed E-state index contributed by atoms with van der Waals surface area (Å²) in [6.45, 7) is 1.49. The molecular weight excluding hydrogens is 296 g/mol. The lowest BCUT2D eigenvalue weighted by Crippen LogP contribution is -2.51. The van der Waals surface area contributed by atoms with Gasteiger partial charge in [-0.2, -0.15) is 0 Å². The van der Waals surface area contributed by atoms with Crippen LogP contribution in [-0.4, -0.2) is 49.6 Å². The van der Waals surface area contributed by atoms with E-state index < -0.39 is 11.3 Å². The molecule has 6 heteroatoms. The Hall–Kier alpha value is -2.08. The first kappa shape index (κ1) is 15.8. The summed E-state index contributed by atoms with van der Waals surface area (Å²) in [5, 5.41) is 0. The monoisotopic (exact) mass is 318 g/mol. The highest BCUT2D eigenvalue weighted by Crippen LogP contribution is 2.47. The zero-order chi connectivity index (χ0) is 16.4. The Morgan fingerprint density at radius 1 is 1.43 bits per heavy atom. The standard InChI is InChI=1S/C17H22N2O4/c1-22-13-4-2-3-12(9-13)10-14-11-19(7-8-23-14)16(21)17(5-6-17)15(18)20/h2-4,9,14H,5-8,10-11H2,1H3,(H2,18,20)/t14-/m1/s1. The maximum atomic E-state index is 12.6. The molecule has 0 unspecified atom stereocenters. The zero-order valence-electron chi connectivity index (χ0n) is 13.3. The number of carbonyl (C=O) groups is 2. The number of hydrogen-bond donors (Lipinski definition) is 1. The van der Waals surface area contributed by atoms with Crippen LogP contribution >= 0.6 is 0 Å². The number of rotatable bonds is 5. The zero-order valence-corrected chi connectivity index (χ0v) is 13.3.